The molecule has 0 aliphatic heterocycles. The van der Waals surface area contributed by atoms with Crippen molar-refractivity contribution < 1.29 is 4.79 Å². The maximum Gasteiger partial charge on any atom is 0.224 e. The number of pyridine rings is 1. The van der Waals surface area contributed by atoms with Gasteiger partial charge in [0.1, 0.15) is 5.15 Å². The van der Waals surface area contributed by atoms with E-state index in [-0.39, 0.29) is 17.2 Å². The molecule has 1 aromatic heterocycles. The fourth-order valence-electron chi connectivity index (χ4n) is 3.05. The third-order valence-electron chi connectivity index (χ3n) is 4.46. The number of aryl methyl sites for hydroxylation is 1. The fraction of sp³-hybridized carbons (Fsp3) is 0.556. The molecule has 1 amide bonds. The molecule has 2 unspecified atom stereocenters. The lowest BCUT2D eigenvalue weighted by atomic mass is 10.1. The van der Waals surface area contributed by atoms with E-state index in [4.69, 9.17) is 11.6 Å². The summed E-state index contributed by atoms with van der Waals surface area (Å²) in [6.07, 6.45) is 5.61. The summed E-state index contributed by atoms with van der Waals surface area (Å²) < 4.78 is 0. The van der Waals surface area contributed by atoms with Crippen molar-refractivity contribution >= 4 is 17.5 Å². The van der Waals surface area contributed by atoms with E-state index >= 15 is 0 Å². The summed E-state index contributed by atoms with van der Waals surface area (Å²) in [6, 6.07) is 3.86. The molecule has 0 bridgehead atoms. The Bertz CT molecular complexity index is 576. The SMILES string of the molecule is CC(C)=CC1C(C(=O)NCCCc2cccnc2Cl)C1(C)C. The van der Waals surface area contributed by atoms with Crippen LogP contribution in [0.15, 0.2) is 30.0 Å². The summed E-state index contributed by atoms with van der Waals surface area (Å²) in [5, 5.41) is 3.62. The second-order valence-corrected chi connectivity index (χ2v) is 7.27. The van der Waals surface area contributed by atoms with E-state index in [1.165, 1.54) is 5.57 Å². The Morgan fingerprint density at radius 3 is 2.82 bits per heavy atom. The zero-order valence-corrected chi connectivity index (χ0v) is 14.6. The molecule has 1 aliphatic carbocycles. The number of nitrogens with zero attached hydrogens (tertiary/aromatic N) is 1. The molecule has 1 fully saturated rings. The maximum absolute atomic E-state index is 12.3. The molecule has 3 nitrogen and oxygen atoms in total. The van der Waals surface area contributed by atoms with Crippen LogP contribution in [0, 0.1) is 17.3 Å². The van der Waals surface area contributed by atoms with Gasteiger partial charge in [0, 0.05) is 12.7 Å². The number of nitrogens with one attached hydrogen (secondary N) is 1. The zero-order chi connectivity index (χ0) is 16.3. The first-order valence-electron chi connectivity index (χ1n) is 7.86. The lowest BCUT2D eigenvalue weighted by molar-refractivity contribution is -0.123. The smallest absolute Gasteiger partial charge is 0.224 e. The van der Waals surface area contributed by atoms with Crippen molar-refractivity contribution in [3.8, 4) is 0 Å². The Balaban J connectivity index is 1.77. The number of carbonyl (C=O) groups excluding carboxylic acids is 1. The minimum Gasteiger partial charge on any atom is -0.356 e. The van der Waals surface area contributed by atoms with Crippen molar-refractivity contribution in [1.82, 2.24) is 10.3 Å². The van der Waals surface area contributed by atoms with Gasteiger partial charge < -0.3 is 5.32 Å². The summed E-state index contributed by atoms with van der Waals surface area (Å²) >= 11 is 6.03. The molecular weight excluding hydrogens is 296 g/mol. The van der Waals surface area contributed by atoms with Gasteiger partial charge in [-0.25, -0.2) is 4.98 Å². The van der Waals surface area contributed by atoms with Crippen molar-refractivity contribution in [2.24, 2.45) is 17.3 Å². The molecule has 120 valence electrons. The first-order chi connectivity index (χ1) is 10.3. The third kappa shape index (κ3) is 3.89. The zero-order valence-electron chi connectivity index (χ0n) is 13.8. The van der Waals surface area contributed by atoms with Crippen molar-refractivity contribution in [2.45, 2.75) is 40.5 Å². The van der Waals surface area contributed by atoms with Gasteiger partial charge in [-0.3, -0.25) is 4.79 Å². The highest BCUT2D eigenvalue weighted by molar-refractivity contribution is 6.30. The summed E-state index contributed by atoms with van der Waals surface area (Å²) in [5.41, 5.74) is 2.39. The number of allylic oxidation sites excluding steroid dienone is 2. The van der Waals surface area contributed by atoms with Gasteiger partial charge in [-0.05, 0) is 49.7 Å². The van der Waals surface area contributed by atoms with Gasteiger partial charge in [0.2, 0.25) is 5.91 Å². The van der Waals surface area contributed by atoms with Gasteiger partial charge >= 0.3 is 0 Å². The van der Waals surface area contributed by atoms with E-state index in [0.29, 0.717) is 17.6 Å². The molecule has 1 aromatic rings. The largest absolute Gasteiger partial charge is 0.356 e. The lowest BCUT2D eigenvalue weighted by Crippen LogP contribution is -2.28. The van der Waals surface area contributed by atoms with Crippen LogP contribution in [0.25, 0.3) is 0 Å². The number of rotatable bonds is 6. The quantitative estimate of drug-likeness (QED) is 0.488. The first kappa shape index (κ1) is 17.0. The highest BCUT2D eigenvalue weighted by atomic mass is 35.5. The molecule has 1 aliphatic rings. The van der Waals surface area contributed by atoms with Crippen LogP contribution < -0.4 is 5.32 Å². The van der Waals surface area contributed by atoms with Crippen LogP contribution in [0.1, 0.15) is 39.7 Å². The van der Waals surface area contributed by atoms with Crippen molar-refractivity contribution in [2.75, 3.05) is 6.54 Å². The molecule has 4 heteroatoms. The first-order valence-corrected chi connectivity index (χ1v) is 8.24. The monoisotopic (exact) mass is 320 g/mol. The molecule has 1 heterocycles. The summed E-state index contributed by atoms with van der Waals surface area (Å²) in [4.78, 5) is 16.4. The van der Waals surface area contributed by atoms with Crippen LogP contribution in [0.4, 0.5) is 0 Å². The minimum absolute atomic E-state index is 0.0774. The number of aromatic nitrogens is 1. The summed E-state index contributed by atoms with van der Waals surface area (Å²) in [7, 11) is 0. The van der Waals surface area contributed by atoms with Crippen LogP contribution in [-0.2, 0) is 11.2 Å². The van der Waals surface area contributed by atoms with E-state index in [1.54, 1.807) is 6.20 Å². The minimum atomic E-state index is 0.0774. The molecule has 22 heavy (non-hydrogen) atoms. The van der Waals surface area contributed by atoms with Crippen LogP contribution in [0.5, 0.6) is 0 Å². The van der Waals surface area contributed by atoms with Crippen LogP contribution in [0.2, 0.25) is 5.15 Å². The predicted molar refractivity (Wildman–Crippen MR) is 90.8 cm³/mol. The highest BCUT2D eigenvalue weighted by Crippen LogP contribution is 2.59. The third-order valence-corrected chi connectivity index (χ3v) is 4.80. The molecule has 2 atom stereocenters. The standard InChI is InChI=1S/C18H25ClN2O/c1-12(2)11-14-15(18(14,3)4)17(22)21-10-6-8-13-7-5-9-20-16(13)19/h5,7,9,11,14-15H,6,8,10H2,1-4H3,(H,21,22). The highest BCUT2D eigenvalue weighted by Gasteiger charge is 2.60. The van der Waals surface area contributed by atoms with Gasteiger partial charge in [-0.15, -0.1) is 0 Å². The predicted octanol–water partition coefficient (Wildman–Crippen LogP) is 4.02. The van der Waals surface area contributed by atoms with E-state index < -0.39 is 0 Å². The van der Waals surface area contributed by atoms with Gasteiger partial charge in [-0.2, -0.15) is 0 Å². The van der Waals surface area contributed by atoms with E-state index in [1.807, 2.05) is 12.1 Å². The average Bonchev–Trinajstić information content (AvgIpc) is 2.96. The van der Waals surface area contributed by atoms with E-state index in [9.17, 15) is 4.79 Å². The number of carbonyl (C=O) groups is 1. The van der Waals surface area contributed by atoms with Crippen LogP contribution in [-0.4, -0.2) is 17.4 Å². The number of halogens is 1. The maximum atomic E-state index is 12.3. The van der Waals surface area contributed by atoms with Gasteiger partial charge in [0.05, 0.1) is 5.92 Å². The van der Waals surface area contributed by atoms with Crippen molar-refractivity contribution in [1.29, 1.82) is 0 Å². The normalized spacial score (nSPS) is 22.0. The molecule has 0 spiro atoms. The Labute approximate surface area is 138 Å². The van der Waals surface area contributed by atoms with Gasteiger partial charge in [0.25, 0.3) is 0 Å². The van der Waals surface area contributed by atoms with Crippen LogP contribution in [0.3, 0.4) is 0 Å². The van der Waals surface area contributed by atoms with Gasteiger partial charge in [0.15, 0.2) is 0 Å². The van der Waals surface area contributed by atoms with Crippen LogP contribution >= 0.6 is 11.6 Å². The molecule has 0 radical (unpaired) electrons. The van der Waals surface area contributed by atoms with Gasteiger partial charge in [-0.1, -0.05) is 43.2 Å². The lowest BCUT2D eigenvalue weighted by Gasteiger charge is -2.07. The molecular formula is C18H25ClN2O. The Morgan fingerprint density at radius 2 is 2.18 bits per heavy atom. The molecule has 1 saturated carbocycles. The Kier molecular flexibility index (Phi) is 5.28. The van der Waals surface area contributed by atoms with E-state index in [2.05, 4.69) is 44.1 Å². The van der Waals surface area contributed by atoms with E-state index in [0.717, 1.165) is 18.4 Å². The topological polar surface area (TPSA) is 42.0 Å². The molecule has 0 saturated heterocycles. The molecule has 0 aromatic carbocycles. The average molecular weight is 321 g/mol. The number of amides is 1. The number of hydrogen-bond donors (Lipinski definition) is 1. The van der Waals surface area contributed by atoms with Crippen molar-refractivity contribution in [3.05, 3.63) is 40.7 Å². The summed E-state index contributed by atoms with van der Waals surface area (Å²) in [5.74, 6) is 0.638. The fourth-order valence-corrected chi connectivity index (χ4v) is 3.27. The number of hydrogen-bond acceptors (Lipinski definition) is 2. The summed E-state index contributed by atoms with van der Waals surface area (Å²) in [6.45, 7) is 9.17. The Hall–Kier alpha value is -1.35. The van der Waals surface area contributed by atoms with Crippen molar-refractivity contribution in [3.63, 3.8) is 0 Å². The Morgan fingerprint density at radius 1 is 1.45 bits per heavy atom. The second kappa shape index (κ2) is 6.82. The molecule has 2 rings (SSSR count). The molecule has 1 N–H and O–H groups in total. The second-order valence-electron chi connectivity index (χ2n) is 6.92.